The van der Waals surface area contributed by atoms with Gasteiger partial charge >= 0.3 is 5.97 Å². The minimum absolute atomic E-state index is 0.00515. The maximum atomic E-state index is 11.0. The Morgan fingerprint density at radius 2 is 2.22 bits per heavy atom. The lowest BCUT2D eigenvalue weighted by Gasteiger charge is -2.18. The van der Waals surface area contributed by atoms with E-state index in [1.54, 1.807) is 24.1 Å². The van der Waals surface area contributed by atoms with Crippen molar-refractivity contribution in [2.24, 2.45) is 0 Å². The van der Waals surface area contributed by atoms with E-state index in [0.29, 0.717) is 12.2 Å². The number of carbonyl (C=O) groups is 1. The Morgan fingerprint density at radius 1 is 1.56 bits per heavy atom. The van der Waals surface area contributed by atoms with Crippen molar-refractivity contribution in [3.8, 4) is 0 Å². The molecule has 0 atom stereocenters. The molecule has 0 N–H and O–H groups in total. The lowest BCUT2D eigenvalue weighted by molar-refractivity contribution is -0.384. The Kier molecular flexibility index (Phi) is 5.08. The molecule has 7 heteroatoms. The summed E-state index contributed by atoms with van der Waals surface area (Å²) in [5.41, 5.74) is 0.462. The molecule has 1 aromatic rings. The van der Waals surface area contributed by atoms with Gasteiger partial charge in [0, 0.05) is 24.1 Å². The van der Waals surface area contributed by atoms with E-state index in [0.717, 1.165) is 4.47 Å². The molecule has 0 spiro atoms. The Morgan fingerprint density at radius 3 is 2.78 bits per heavy atom. The summed E-state index contributed by atoms with van der Waals surface area (Å²) < 4.78 is 5.27. The van der Waals surface area contributed by atoms with Gasteiger partial charge in [-0.05, 0) is 12.1 Å². The Labute approximate surface area is 113 Å². The van der Waals surface area contributed by atoms with Crippen molar-refractivity contribution in [3.63, 3.8) is 0 Å². The maximum Gasteiger partial charge on any atom is 0.307 e. The van der Waals surface area contributed by atoms with E-state index < -0.39 is 4.92 Å². The van der Waals surface area contributed by atoms with Crippen molar-refractivity contribution < 1.29 is 14.5 Å². The topological polar surface area (TPSA) is 72.7 Å². The molecule has 1 rings (SSSR count). The fourth-order valence-electron chi connectivity index (χ4n) is 1.44. The molecular weight excluding hydrogens is 304 g/mol. The van der Waals surface area contributed by atoms with Crippen LogP contribution in [-0.4, -0.2) is 31.6 Å². The van der Waals surface area contributed by atoms with Gasteiger partial charge in [-0.15, -0.1) is 0 Å². The molecule has 18 heavy (non-hydrogen) atoms. The van der Waals surface area contributed by atoms with Crippen LogP contribution in [0.1, 0.15) is 6.42 Å². The molecule has 0 amide bonds. The fourth-order valence-corrected chi connectivity index (χ4v) is 1.79. The summed E-state index contributed by atoms with van der Waals surface area (Å²) in [5, 5.41) is 10.9. The third-order valence-corrected chi connectivity index (χ3v) is 2.92. The van der Waals surface area contributed by atoms with E-state index in [2.05, 4.69) is 20.7 Å². The maximum absolute atomic E-state index is 11.0. The van der Waals surface area contributed by atoms with Gasteiger partial charge in [0.15, 0.2) is 0 Å². The van der Waals surface area contributed by atoms with E-state index in [9.17, 15) is 14.9 Å². The van der Waals surface area contributed by atoms with Crippen LogP contribution in [0.5, 0.6) is 0 Å². The predicted octanol–water partition coefficient (Wildman–Crippen LogP) is 2.36. The van der Waals surface area contributed by atoms with Gasteiger partial charge in [0.25, 0.3) is 5.69 Å². The van der Waals surface area contributed by atoms with Crippen LogP contribution in [0.15, 0.2) is 22.7 Å². The van der Waals surface area contributed by atoms with E-state index in [4.69, 9.17) is 0 Å². The lowest BCUT2D eigenvalue weighted by Crippen LogP contribution is -2.22. The molecule has 6 nitrogen and oxygen atoms in total. The quantitative estimate of drug-likeness (QED) is 0.473. The molecule has 0 aliphatic carbocycles. The normalized spacial score (nSPS) is 9.94. The van der Waals surface area contributed by atoms with Crippen LogP contribution >= 0.6 is 15.9 Å². The number of benzene rings is 1. The second-order valence-electron chi connectivity index (χ2n) is 3.64. The van der Waals surface area contributed by atoms with Crippen LogP contribution in [0.25, 0.3) is 0 Å². The van der Waals surface area contributed by atoms with E-state index in [1.165, 1.54) is 13.2 Å². The second-order valence-corrected chi connectivity index (χ2v) is 4.55. The molecular formula is C11H13BrN2O4. The van der Waals surface area contributed by atoms with Gasteiger partial charge in [0.2, 0.25) is 0 Å². The molecule has 0 radical (unpaired) electrons. The van der Waals surface area contributed by atoms with Crippen molar-refractivity contribution in [2.75, 3.05) is 25.6 Å². The zero-order chi connectivity index (χ0) is 13.7. The van der Waals surface area contributed by atoms with Crippen molar-refractivity contribution in [1.82, 2.24) is 0 Å². The number of esters is 1. The van der Waals surface area contributed by atoms with Gasteiger partial charge in [-0.3, -0.25) is 14.9 Å². The Balaban J connectivity index is 2.89. The summed E-state index contributed by atoms with van der Waals surface area (Å²) in [4.78, 5) is 23.1. The first kappa shape index (κ1) is 14.4. The van der Waals surface area contributed by atoms with Crippen molar-refractivity contribution >= 4 is 33.3 Å². The SMILES string of the molecule is COC(=O)CCN(C)c1cc(Br)ccc1[N+](=O)[O-]. The predicted molar refractivity (Wildman–Crippen MR) is 70.7 cm³/mol. The molecule has 0 saturated carbocycles. The molecule has 0 heterocycles. The number of ether oxygens (including phenoxy) is 1. The largest absolute Gasteiger partial charge is 0.469 e. The minimum atomic E-state index is -0.448. The van der Waals surface area contributed by atoms with Gasteiger partial charge in [-0.25, -0.2) is 0 Å². The Bertz CT molecular complexity index is 464. The van der Waals surface area contributed by atoms with Gasteiger partial charge in [0.05, 0.1) is 18.5 Å². The summed E-state index contributed by atoms with van der Waals surface area (Å²) in [6.45, 7) is 0.351. The summed E-state index contributed by atoms with van der Waals surface area (Å²) in [6.07, 6.45) is 0.177. The number of nitro groups is 1. The number of nitrogens with zero attached hydrogens (tertiary/aromatic N) is 2. The number of rotatable bonds is 5. The van der Waals surface area contributed by atoms with Crippen molar-refractivity contribution in [1.29, 1.82) is 0 Å². The summed E-state index contributed by atoms with van der Waals surface area (Å²) >= 11 is 3.27. The van der Waals surface area contributed by atoms with Crippen LogP contribution in [0.4, 0.5) is 11.4 Å². The number of hydrogen-bond acceptors (Lipinski definition) is 5. The molecule has 0 aromatic heterocycles. The second kappa shape index (κ2) is 6.34. The van der Waals surface area contributed by atoms with E-state index >= 15 is 0 Å². The highest BCUT2D eigenvalue weighted by Gasteiger charge is 2.17. The molecule has 1 aromatic carbocycles. The van der Waals surface area contributed by atoms with Gasteiger partial charge in [-0.2, -0.15) is 0 Å². The van der Waals surface area contributed by atoms with Crippen molar-refractivity contribution in [2.45, 2.75) is 6.42 Å². The average molecular weight is 317 g/mol. The zero-order valence-electron chi connectivity index (χ0n) is 10.1. The third kappa shape index (κ3) is 3.69. The first-order valence-corrected chi connectivity index (χ1v) is 5.97. The first-order chi connectivity index (χ1) is 8.45. The van der Waals surface area contributed by atoms with Gasteiger partial charge in [0.1, 0.15) is 5.69 Å². The molecule has 0 saturated heterocycles. The van der Waals surface area contributed by atoms with Crippen LogP contribution < -0.4 is 4.90 Å². The van der Waals surface area contributed by atoms with Crippen LogP contribution in [0.2, 0.25) is 0 Å². The average Bonchev–Trinajstić information content (AvgIpc) is 2.34. The summed E-state index contributed by atoms with van der Waals surface area (Å²) in [5.74, 6) is -0.348. The zero-order valence-corrected chi connectivity index (χ0v) is 11.6. The fraction of sp³-hybridized carbons (Fsp3) is 0.364. The highest BCUT2D eigenvalue weighted by atomic mass is 79.9. The van der Waals surface area contributed by atoms with Crippen LogP contribution in [-0.2, 0) is 9.53 Å². The van der Waals surface area contributed by atoms with Crippen LogP contribution in [0, 0.1) is 10.1 Å². The molecule has 0 aliphatic heterocycles. The van der Waals surface area contributed by atoms with Crippen LogP contribution in [0.3, 0.4) is 0 Å². The number of carbonyl (C=O) groups excluding carboxylic acids is 1. The number of anilines is 1. The molecule has 0 aliphatic rings. The number of halogens is 1. The number of hydrogen-bond donors (Lipinski definition) is 0. The summed E-state index contributed by atoms with van der Waals surface area (Å²) in [7, 11) is 3.00. The van der Waals surface area contributed by atoms with E-state index in [-0.39, 0.29) is 18.1 Å². The highest BCUT2D eigenvalue weighted by molar-refractivity contribution is 9.10. The standard InChI is InChI=1S/C11H13BrN2O4/c1-13(6-5-11(15)18-2)10-7-8(12)3-4-9(10)14(16)17/h3-4,7H,5-6H2,1-2H3. The highest BCUT2D eigenvalue weighted by Crippen LogP contribution is 2.30. The molecule has 0 unspecified atom stereocenters. The molecule has 98 valence electrons. The van der Waals surface area contributed by atoms with Gasteiger partial charge in [-0.1, -0.05) is 15.9 Å². The summed E-state index contributed by atoms with van der Waals surface area (Å²) in [6, 6.07) is 4.68. The third-order valence-electron chi connectivity index (χ3n) is 2.42. The first-order valence-electron chi connectivity index (χ1n) is 5.17. The number of methoxy groups -OCH3 is 1. The molecule has 0 fully saturated rings. The van der Waals surface area contributed by atoms with Gasteiger partial charge < -0.3 is 9.64 Å². The minimum Gasteiger partial charge on any atom is -0.469 e. The van der Waals surface area contributed by atoms with E-state index in [1.807, 2.05) is 0 Å². The smallest absolute Gasteiger partial charge is 0.307 e. The Hall–Kier alpha value is -1.63. The number of nitro benzene ring substituents is 1. The monoisotopic (exact) mass is 316 g/mol. The molecule has 0 bridgehead atoms. The lowest BCUT2D eigenvalue weighted by atomic mass is 10.2. The van der Waals surface area contributed by atoms with Crippen molar-refractivity contribution in [3.05, 3.63) is 32.8 Å².